The Labute approximate surface area is 180 Å². The summed E-state index contributed by atoms with van der Waals surface area (Å²) in [5.41, 5.74) is -1.46. The maximum atomic E-state index is 14.1. The lowest BCUT2D eigenvalue weighted by Crippen LogP contribution is -2.42. The van der Waals surface area contributed by atoms with Crippen molar-refractivity contribution in [3.8, 4) is 0 Å². The van der Waals surface area contributed by atoms with Crippen LogP contribution in [0.2, 0.25) is 10.0 Å². The van der Waals surface area contributed by atoms with Gasteiger partial charge in [0.05, 0.1) is 18.7 Å². The lowest BCUT2D eigenvalue weighted by Gasteiger charge is -2.29. The molecular formula is C20H17Cl2F3N2O3. The van der Waals surface area contributed by atoms with E-state index in [0.29, 0.717) is 16.8 Å². The van der Waals surface area contributed by atoms with Crippen LogP contribution in [0.3, 0.4) is 0 Å². The van der Waals surface area contributed by atoms with Crippen LogP contribution in [-0.4, -0.2) is 29.5 Å². The lowest BCUT2D eigenvalue weighted by molar-refractivity contribution is -0.275. The number of nitrogens with zero attached hydrogens (tertiary/aromatic N) is 1. The van der Waals surface area contributed by atoms with Gasteiger partial charge in [-0.2, -0.15) is 13.2 Å². The van der Waals surface area contributed by atoms with Crippen LogP contribution in [0.1, 0.15) is 29.5 Å². The molecule has 0 spiro atoms. The number of aliphatic hydroxyl groups excluding tert-OH is 1. The third-order valence-corrected chi connectivity index (χ3v) is 5.14. The van der Waals surface area contributed by atoms with Crippen LogP contribution in [0.5, 0.6) is 0 Å². The molecule has 2 aromatic rings. The number of nitrogens with one attached hydrogen (secondary N) is 1. The fraction of sp³-hybridized carbons (Fsp3) is 0.300. The van der Waals surface area contributed by atoms with Crippen molar-refractivity contribution < 1.29 is 27.9 Å². The first-order valence-electron chi connectivity index (χ1n) is 8.86. The molecule has 160 valence electrons. The number of benzene rings is 2. The molecule has 1 unspecified atom stereocenters. The predicted octanol–water partition coefficient (Wildman–Crippen LogP) is 5.20. The largest absolute Gasteiger partial charge is 0.435 e. The first-order valence-corrected chi connectivity index (χ1v) is 9.61. The predicted molar refractivity (Wildman–Crippen MR) is 108 cm³/mol. The van der Waals surface area contributed by atoms with Crippen molar-refractivity contribution in [2.24, 2.45) is 5.16 Å². The van der Waals surface area contributed by atoms with Crippen LogP contribution in [0.4, 0.5) is 18.9 Å². The number of alkyl halides is 3. The molecule has 0 radical (unpaired) electrons. The molecule has 1 aliphatic rings. The highest BCUT2D eigenvalue weighted by atomic mass is 35.5. The molecule has 0 aliphatic carbocycles. The van der Waals surface area contributed by atoms with E-state index in [1.165, 1.54) is 12.1 Å². The Morgan fingerprint density at radius 1 is 1.23 bits per heavy atom. The highest BCUT2D eigenvalue weighted by Crippen LogP contribution is 2.49. The normalized spacial score (nSPS) is 18.7. The molecule has 0 fully saturated rings. The molecular weight excluding hydrogens is 444 g/mol. The van der Waals surface area contributed by atoms with Crippen molar-refractivity contribution in [3.63, 3.8) is 0 Å². The summed E-state index contributed by atoms with van der Waals surface area (Å²) in [5.74, 6) is -0.416. The van der Waals surface area contributed by atoms with Gasteiger partial charge in [-0.3, -0.25) is 4.79 Å². The maximum absolute atomic E-state index is 14.1. The molecule has 2 N–H and O–H groups in total. The van der Waals surface area contributed by atoms with E-state index in [2.05, 4.69) is 10.5 Å². The van der Waals surface area contributed by atoms with Crippen molar-refractivity contribution in [3.05, 3.63) is 63.1 Å². The number of anilines is 1. The van der Waals surface area contributed by atoms with Crippen molar-refractivity contribution >= 4 is 40.5 Å². The van der Waals surface area contributed by atoms with E-state index in [0.717, 1.165) is 12.1 Å². The molecule has 0 bridgehead atoms. The highest BCUT2D eigenvalue weighted by Gasteiger charge is 2.62. The Bertz CT molecular complexity index is 991. The minimum Gasteiger partial charge on any atom is -0.396 e. The van der Waals surface area contributed by atoms with Gasteiger partial charge in [0.25, 0.3) is 5.60 Å². The molecule has 10 heteroatoms. The number of rotatable bonds is 5. The topological polar surface area (TPSA) is 70.9 Å². The first-order chi connectivity index (χ1) is 14.1. The standard InChI is InChI=1S/C20H17Cl2F3N2O3/c1-11-2-3-12(6-16(11)26-18(29)4-5-28)17-10-19(30-27-17,20(23,24)25)13-7-14(21)9-15(22)8-13/h2-3,6-9,28H,4-5,10H2,1H3,(H,26,29). The second-order valence-electron chi connectivity index (χ2n) is 6.84. The summed E-state index contributed by atoms with van der Waals surface area (Å²) in [7, 11) is 0. The average molecular weight is 461 g/mol. The van der Waals surface area contributed by atoms with Gasteiger partial charge in [-0.05, 0) is 36.8 Å². The molecule has 1 amide bonds. The molecule has 1 aliphatic heterocycles. The molecule has 3 rings (SSSR count). The summed E-state index contributed by atoms with van der Waals surface area (Å²) in [6.07, 6.45) is -5.49. The van der Waals surface area contributed by atoms with Gasteiger partial charge in [0.1, 0.15) is 0 Å². The SMILES string of the molecule is Cc1ccc(C2=NOC(c3cc(Cl)cc(Cl)c3)(C(F)(F)F)C2)cc1NC(=O)CCO. The molecule has 0 aromatic heterocycles. The Kier molecular flexibility index (Phi) is 6.31. The van der Waals surface area contributed by atoms with Gasteiger partial charge in [0, 0.05) is 33.3 Å². The molecule has 1 atom stereocenters. The second-order valence-corrected chi connectivity index (χ2v) is 7.71. The van der Waals surface area contributed by atoms with Crippen LogP contribution in [0.25, 0.3) is 0 Å². The molecule has 0 saturated carbocycles. The van der Waals surface area contributed by atoms with Crippen LogP contribution in [-0.2, 0) is 15.2 Å². The van der Waals surface area contributed by atoms with Gasteiger partial charge in [-0.15, -0.1) is 0 Å². The van der Waals surface area contributed by atoms with E-state index in [1.807, 2.05) is 0 Å². The lowest BCUT2D eigenvalue weighted by atomic mass is 9.86. The van der Waals surface area contributed by atoms with Crippen LogP contribution >= 0.6 is 23.2 Å². The maximum Gasteiger partial charge on any atom is 0.435 e. The summed E-state index contributed by atoms with van der Waals surface area (Å²) >= 11 is 11.8. The van der Waals surface area contributed by atoms with E-state index >= 15 is 0 Å². The van der Waals surface area contributed by atoms with E-state index in [1.54, 1.807) is 19.1 Å². The summed E-state index contributed by atoms with van der Waals surface area (Å²) in [6, 6.07) is 8.38. The van der Waals surface area contributed by atoms with Gasteiger partial charge in [0.15, 0.2) is 0 Å². The minimum atomic E-state index is -4.80. The Morgan fingerprint density at radius 3 is 2.50 bits per heavy atom. The number of hydrogen-bond acceptors (Lipinski definition) is 4. The van der Waals surface area contributed by atoms with Crippen molar-refractivity contribution in [2.45, 2.75) is 31.5 Å². The van der Waals surface area contributed by atoms with Gasteiger partial charge in [-0.25, -0.2) is 0 Å². The van der Waals surface area contributed by atoms with Gasteiger partial charge >= 0.3 is 6.18 Å². The molecule has 1 heterocycles. The zero-order valence-corrected chi connectivity index (χ0v) is 17.2. The molecule has 30 heavy (non-hydrogen) atoms. The minimum absolute atomic E-state index is 0.0439. The number of carbonyl (C=O) groups is 1. The number of carbonyl (C=O) groups excluding carboxylic acids is 1. The van der Waals surface area contributed by atoms with Crippen LogP contribution in [0.15, 0.2) is 41.6 Å². The summed E-state index contributed by atoms with van der Waals surface area (Å²) in [4.78, 5) is 16.8. The third-order valence-electron chi connectivity index (χ3n) is 4.70. The number of amides is 1. The monoisotopic (exact) mass is 460 g/mol. The van der Waals surface area contributed by atoms with Crippen molar-refractivity contribution in [1.82, 2.24) is 0 Å². The Morgan fingerprint density at radius 2 is 1.90 bits per heavy atom. The van der Waals surface area contributed by atoms with Gasteiger partial charge in [-0.1, -0.05) is 40.5 Å². The zero-order chi connectivity index (χ0) is 22.1. The number of aliphatic hydroxyl groups is 1. The average Bonchev–Trinajstić information content (AvgIpc) is 3.10. The zero-order valence-electron chi connectivity index (χ0n) is 15.7. The number of aryl methyl sites for hydroxylation is 1. The van der Waals surface area contributed by atoms with E-state index in [4.69, 9.17) is 33.1 Å². The van der Waals surface area contributed by atoms with E-state index in [-0.39, 0.29) is 34.3 Å². The fourth-order valence-corrected chi connectivity index (χ4v) is 3.62. The molecule has 5 nitrogen and oxygen atoms in total. The number of oxime groups is 1. The number of hydrogen-bond donors (Lipinski definition) is 2. The fourth-order valence-electron chi connectivity index (χ4n) is 3.10. The Balaban J connectivity index is 1.96. The van der Waals surface area contributed by atoms with E-state index < -0.39 is 24.1 Å². The van der Waals surface area contributed by atoms with E-state index in [9.17, 15) is 18.0 Å². The van der Waals surface area contributed by atoms with Crippen LogP contribution in [0, 0.1) is 6.92 Å². The number of halogens is 5. The second kappa shape index (κ2) is 8.45. The molecule has 0 saturated heterocycles. The Hall–Kier alpha value is -2.29. The summed E-state index contributed by atoms with van der Waals surface area (Å²) in [5, 5.41) is 15.3. The summed E-state index contributed by atoms with van der Waals surface area (Å²) < 4.78 is 42.3. The summed E-state index contributed by atoms with van der Waals surface area (Å²) in [6.45, 7) is 1.42. The van der Waals surface area contributed by atoms with Gasteiger partial charge in [0.2, 0.25) is 5.91 Å². The first kappa shape index (κ1) is 22.4. The quantitative estimate of drug-likeness (QED) is 0.643. The highest BCUT2D eigenvalue weighted by molar-refractivity contribution is 6.34. The van der Waals surface area contributed by atoms with Gasteiger partial charge < -0.3 is 15.3 Å². The van der Waals surface area contributed by atoms with Crippen LogP contribution < -0.4 is 5.32 Å². The third kappa shape index (κ3) is 4.40. The molecule has 2 aromatic carbocycles. The smallest absolute Gasteiger partial charge is 0.396 e. The van der Waals surface area contributed by atoms with Crippen molar-refractivity contribution in [1.29, 1.82) is 0 Å². The van der Waals surface area contributed by atoms with Crippen molar-refractivity contribution in [2.75, 3.05) is 11.9 Å².